The number of hydrogen-bond acceptors (Lipinski definition) is 6. The van der Waals surface area contributed by atoms with Crippen LogP contribution >= 0.6 is 0 Å². The molecule has 0 bridgehead atoms. The second kappa shape index (κ2) is 12.8. The summed E-state index contributed by atoms with van der Waals surface area (Å²) in [6, 6.07) is 18.3. The van der Waals surface area contributed by atoms with E-state index in [0.717, 1.165) is 37.0 Å². The molecule has 1 spiro atoms. The number of nitrogens with one attached hydrogen (secondary N) is 1. The summed E-state index contributed by atoms with van der Waals surface area (Å²) in [6.07, 6.45) is 4.55. The molecule has 2 aromatic carbocycles. The minimum Gasteiger partial charge on any atom is -0.489 e. The number of rotatable bonds is 8. The molecule has 2 saturated heterocycles. The first kappa shape index (κ1) is 29.4. The van der Waals surface area contributed by atoms with E-state index >= 15 is 0 Å². The molecular weight excluding hydrogens is 520 g/mol. The molecule has 3 fully saturated rings. The van der Waals surface area contributed by atoms with Crippen LogP contribution in [0.3, 0.4) is 0 Å². The molecule has 2 atom stereocenters. The van der Waals surface area contributed by atoms with E-state index in [1.54, 1.807) is 4.90 Å². The Morgan fingerprint density at radius 2 is 1.76 bits per heavy atom. The molecule has 1 aliphatic carbocycles. The van der Waals surface area contributed by atoms with Crippen LogP contribution in [0.5, 0.6) is 5.75 Å². The number of amides is 2. The Morgan fingerprint density at radius 3 is 2.49 bits per heavy atom. The van der Waals surface area contributed by atoms with Crippen molar-refractivity contribution in [3.05, 3.63) is 65.7 Å². The van der Waals surface area contributed by atoms with Gasteiger partial charge >= 0.3 is 6.09 Å². The molecule has 0 radical (unpaired) electrons. The van der Waals surface area contributed by atoms with Crippen LogP contribution in [0.15, 0.2) is 54.6 Å². The van der Waals surface area contributed by atoms with Crippen LogP contribution in [0.25, 0.3) is 0 Å². The first-order chi connectivity index (χ1) is 19.7. The third-order valence-electron chi connectivity index (χ3n) is 8.49. The average Bonchev–Trinajstić information content (AvgIpc) is 3.29. The van der Waals surface area contributed by atoms with Gasteiger partial charge < -0.3 is 29.2 Å². The third-order valence-corrected chi connectivity index (χ3v) is 8.49. The first-order valence-electron chi connectivity index (χ1n) is 14.9. The molecule has 2 amide bonds. The van der Waals surface area contributed by atoms with Crippen LogP contribution in [0.1, 0.15) is 69.9 Å². The van der Waals surface area contributed by atoms with Crippen LogP contribution < -0.4 is 10.1 Å². The largest absolute Gasteiger partial charge is 0.489 e. The summed E-state index contributed by atoms with van der Waals surface area (Å²) in [4.78, 5) is 27.0. The minimum atomic E-state index is -0.645. The second-order valence-corrected chi connectivity index (χ2v) is 12.7. The number of benzene rings is 2. The number of para-hydroxylation sites is 1. The Labute approximate surface area is 243 Å². The number of morpholine rings is 1. The van der Waals surface area contributed by atoms with Gasteiger partial charge in [0.15, 0.2) is 0 Å². The number of nitrogens with zero attached hydrogens (tertiary/aromatic N) is 1. The quantitative estimate of drug-likeness (QED) is 0.459. The zero-order chi connectivity index (χ0) is 28.9. The fourth-order valence-electron chi connectivity index (χ4n) is 6.39. The lowest BCUT2D eigenvalue weighted by molar-refractivity contribution is -0.137. The average molecular weight is 565 g/mol. The lowest BCUT2D eigenvalue weighted by Gasteiger charge is -2.41. The zero-order valence-electron chi connectivity index (χ0n) is 24.6. The van der Waals surface area contributed by atoms with Crippen molar-refractivity contribution < 1.29 is 28.5 Å². The number of ether oxygens (including phenoxy) is 4. The minimum absolute atomic E-state index is 0.0471. The maximum Gasteiger partial charge on any atom is 0.410 e. The molecule has 1 saturated carbocycles. The number of carbonyl (C=O) groups excluding carboxylic acids is 2. The van der Waals surface area contributed by atoms with Crippen molar-refractivity contribution >= 4 is 12.0 Å². The Bertz CT molecular complexity index is 1170. The standard InChI is InChI=1S/C33H44N2O6/c1-32(2,3)41-31(37)35-18-17-33(23-39-22-30(36)34-33)29(35)21-38-19-25-13-15-26(16-14-25)27-11-7-8-12-28(27)40-20-24-9-5-4-6-10-24/h4-12,25-26,29H,13-23H2,1-3H3,(H,34,36). The summed E-state index contributed by atoms with van der Waals surface area (Å²) in [6.45, 7) is 8.00. The van der Waals surface area contributed by atoms with Gasteiger partial charge in [0.05, 0.1) is 24.8 Å². The molecule has 2 heterocycles. The first-order valence-corrected chi connectivity index (χ1v) is 14.9. The monoisotopic (exact) mass is 564 g/mol. The molecular formula is C33H44N2O6. The van der Waals surface area contributed by atoms with Gasteiger partial charge in [-0.25, -0.2) is 4.79 Å². The van der Waals surface area contributed by atoms with E-state index in [2.05, 4.69) is 35.6 Å². The molecule has 3 aliphatic rings. The fraction of sp³-hybridized carbons (Fsp3) is 0.576. The molecule has 8 nitrogen and oxygen atoms in total. The summed E-state index contributed by atoms with van der Waals surface area (Å²) in [5, 5.41) is 3.12. The zero-order valence-corrected chi connectivity index (χ0v) is 24.6. The van der Waals surface area contributed by atoms with E-state index in [0.29, 0.717) is 51.2 Å². The second-order valence-electron chi connectivity index (χ2n) is 12.7. The Kier molecular flexibility index (Phi) is 9.19. The van der Waals surface area contributed by atoms with Gasteiger partial charge in [-0.3, -0.25) is 4.79 Å². The SMILES string of the molecule is CC(C)(C)OC(=O)N1CCC2(COCC(=O)N2)C1COCC1CCC(c2ccccc2OCc2ccccc2)CC1. The van der Waals surface area contributed by atoms with Crippen LogP contribution in [0.4, 0.5) is 4.79 Å². The number of hydrogen-bond donors (Lipinski definition) is 1. The van der Waals surface area contributed by atoms with Crippen LogP contribution in [-0.4, -0.2) is 67.1 Å². The molecule has 2 aromatic rings. The van der Waals surface area contributed by atoms with E-state index in [1.807, 2.05) is 45.0 Å². The van der Waals surface area contributed by atoms with E-state index in [1.165, 1.54) is 5.56 Å². The highest BCUT2D eigenvalue weighted by Gasteiger charge is 2.53. The van der Waals surface area contributed by atoms with Crippen molar-refractivity contribution in [3.8, 4) is 5.75 Å². The van der Waals surface area contributed by atoms with Gasteiger partial charge in [-0.15, -0.1) is 0 Å². The van der Waals surface area contributed by atoms with Gasteiger partial charge in [-0.2, -0.15) is 0 Å². The predicted octanol–water partition coefficient (Wildman–Crippen LogP) is 5.45. The summed E-state index contributed by atoms with van der Waals surface area (Å²) < 4.78 is 23.8. The third kappa shape index (κ3) is 7.41. The van der Waals surface area contributed by atoms with E-state index in [9.17, 15) is 9.59 Å². The van der Waals surface area contributed by atoms with Gasteiger partial charge in [-0.05, 0) is 81.9 Å². The predicted molar refractivity (Wildman–Crippen MR) is 156 cm³/mol. The van der Waals surface area contributed by atoms with Crippen molar-refractivity contribution in [2.24, 2.45) is 5.92 Å². The van der Waals surface area contributed by atoms with Gasteiger partial charge in [-0.1, -0.05) is 48.5 Å². The fourth-order valence-corrected chi connectivity index (χ4v) is 6.39. The van der Waals surface area contributed by atoms with Gasteiger partial charge in [0.2, 0.25) is 5.91 Å². The molecule has 8 heteroatoms. The van der Waals surface area contributed by atoms with Crippen molar-refractivity contribution in [3.63, 3.8) is 0 Å². The Balaban J connectivity index is 1.15. The van der Waals surface area contributed by atoms with Crippen LogP contribution in [0, 0.1) is 5.92 Å². The molecule has 1 N–H and O–H groups in total. The van der Waals surface area contributed by atoms with Gasteiger partial charge in [0.25, 0.3) is 0 Å². The van der Waals surface area contributed by atoms with Gasteiger partial charge in [0.1, 0.15) is 24.6 Å². The highest BCUT2D eigenvalue weighted by Crippen LogP contribution is 2.40. The smallest absolute Gasteiger partial charge is 0.410 e. The maximum atomic E-state index is 13.1. The van der Waals surface area contributed by atoms with Crippen LogP contribution in [0.2, 0.25) is 0 Å². The van der Waals surface area contributed by atoms with E-state index < -0.39 is 11.1 Å². The maximum absolute atomic E-state index is 13.1. The van der Waals surface area contributed by atoms with Crippen molar-refractivity contribution in [2.75, 3.05) is 33.0 Å². The Morgan fingerprint density at radius 1 is 1.02 bits per heavy atom. The molecule has 0 aromatic heterocycles. The molecule has 2 unspecified atom stereocenters. The Hall–Kier alpha value is -3.10. The highest BCUT2D eigenvalue weighted by atomic mass is 16.6. The number of likely N-dealkylation sites (tertiary alicyclic amines) is 1. The topological polar surface area (TPSA) is 86.3 Å². The summed E-state index contributed by atoms with van der Waals surface area (Å²) >= 11 is 0. The normalized spacial score (nSPS) is 26.6. The van der Waals surface area contributed by atoms with E-state index in [4.69, 9.17) is 18.9 Å². The summed E-state index contributed by atoms with van der Waals surface area (Å²) in [5.74, 6) is 1.74. The lowest BCUT2D eigenvalue weighted by atomic mass is 9.78. The summed E-state index contributed by atoms with van der Waals surface area (Å²) in [5.41, 5.74) is 1.20. The van der Waals surface area contributed by atoms with Crippen molar-refractivity contribution in [2.45, 2.75) is 82.6 Å². The van der Waals surface area contributed by atoms with Crippen molar-refractivity contribution in [1.82, 2.24) is 10.2 Å². The lowest BCUT2D eigenvalue weighted by Crippen LogP contribution is -2.65. The molecule has 5 rings (SSSR count). The van der Waals surface area contributed by atoms with Crippen molar-refractivity contribution in [1.29, 1.82) is 0 Å². The molecule has 222 valence electrons. The van der Waals surface area contributed by atoms with Gasteiger partial charge in [0, 0.05) is 13.2 Å². The van der Waals surface area contributed by atoms with E-state index in [-0.39, 0.29) is 24.6 Å². The number of carbonyl (C=O) groups is 2. The molecule has 41 heavy (non-hydrogen) atoms. The molecule has 2 aliphatic heterocycles. The summed E-state index contributed by atoms with van der Waals surface area (Å²) in [7, 11) is 0. The van der Waals surface area contributed by atoms with Crippen LogP contribution in [-0.2, 0) is 25.6 Å². The highest BCUT2D eigenvalue weighted by molar-refractivity contribution is 5.79.